The number of nitrogens with zero attached hydrogens (tertiary/aromatic N) is 4. The van der Waals surface area contributed by atoms with Gasteiger partial charge in [0.15, 0.2) is 0 Å². The fraction of sp³-hybridized carbons (Fsp3) is 0. The molecule has 5 nitrogen and oxygen atoms in total. The summed E-state index contributed by atoms with van der Waals surface area (Å²) in [6, 6.07) is 5.25. The Bertz CT molecular complexity index is 676. The normalized spacial score (nSPS) is 10.6. The summed E-state index contributed by atoms with van der Waals surface area (Å²) in [5, 5.41) is 0. The molecule has 3 aromatic rings. The minimum Gasteiger partial charge on any atom is -0.272 e. The molecule has 3 rings (SSSR count). The Balaban J connectivity index is 2.09. The summed E-state index contributed by atoms with van der Waals surface area (Å²) in [4.78, 5) is 24.2. The maximum absolute atomic E-state index is 12.0. The number of hydrogen-bond donors (Lipinski definition) is 0. The number of carbonyl (C=O) groups is 1. The van der Waals surface area contributed by atoms with Gasteiger partial charge >= 0.3 is 0 Å². The molecule has 0 saturated heterocycles. The van der Waals surface area contributed by atoms with Crippen LogP contribution in [0, 0.1) is 0 Å². The Morgan fingerprint density at radius 3 is 2.65 bits per heavy atom. The second-order valence-corrected chi connectivity index (χ2v) is 3.53. The molecule has 5 heteroatoms. The van der Waals surface area contributed by atoms with Gasteiger partial charge in [-0.15, -0.1) is 0 Å². The molecule has 0 atom stereocenters. The van der Waals surface area contributed by atoms with Crippen molar-refractivity contribution in [1.29, 1.82) is 0 Å². The van der Waals surface area contributed by atoms with Crippen molar-refractivity contribution in [2.45, 2.75) is 0 Å². The van der Waals surface area contributed by atoms with E-state index in [-0.39, 0.29) is 5.91 Å². The number of rotatable bonds is 1. The molecular formula is C12H8N4O. The molecule has 2 aromatic heterocycles. The van der Waals surface area contributed by atoms with Crippen LogP contribution in [0.25, 0.3) is 11.0 Å². The molecule has 0 aliphatic carbocycles. The van der Waals surface area contributed by atoms with Crippen molar-refractivity contribution in [3.05, 3.63) is 54.9 Å². The molecule has 0 saturated carbocycles. The number of benzene rings is 1. The number of hydrogen-bond acceptors (Lipinski definition) is 4. The maximum atomic E-state index is 12.0. The number of carbonyl (C=O) groups excluding carboxylic acids is 1. The van der Waals surface area contributed by atoms with Crippen LogP contribution in [0.1, 0.15) is 10.4 Å². The summed E-state index contributed by atoms with van der Waals surface area (Å²) in [6.07, 6.45) is 7.89. The van der Waals surface area contributed by atoms with Crippen LogP contribution in [0.5, 0.6) is 0 Å². The highest BCUT2D eigenvalue weighted by Crippen LogP contribution is 2.11. The molecule has 0 aliphatic rings. The van der Waals surface area contributed by atoms with E-state index in [1.807, 2.05) is 0 Å². The summed E-state index contributed by atoms with van der Waals surface area (Å²) in [5.74, 6) is -0.130. The lowest BCUT2D eigenvalue weighted by molar-refractivity contribution is 0.0960. The quantitative estimate of drug-likeness (QED) is 0.628. The Labute approximate surface area is 96.8 Å². The third-order valence-corrected chi connectivity index (χ3v) is 2.46. The molecule has 0 radical (unpaired) electrons. The van der Waals surface area contributed by atoms with Gasteiger partial charge in [-0.2, -0.15) is 0 Å². The highest BCUT2D eigenvalue weighted by atomic mass is 16.2. The topological polar surface area (TPSA) is 60.7 Å². The summed E-state index contributed by atoms with van der Waals surface area (Å²) in [6.45, 7) is 0. The number of fused-ring (bicyclic) bond motifs is 1. The van der Waals surface area contributed by atoms with Crippen LogP contribution < -0.4 is 0 Å². The predicted molar refractivity (Wildman–Crippen MR) is 61.5 cm³/mol. The Kier molecular flexibility index (Phi) is 2.15. The summed E-state index contributed by atoms with van der Waals surface area (Å²) in [7, 11) is 0. The van der Waals surface area contributed by atoms with Crippen LogP contribution in [0.3, 0.4) is 0 Å². The van der Waals surface area contributed by atoms with Gasteiger partial charge in [-0.05, 0) is 18.2 Å². The van der Waals surface area contributed by atoms with Crippen molar-refractivity contribution in [2.75, 3.05) is 0 Å². The minimum atomic E-state index is -0.130. The van der Waals surface area contributed by atoms with Crippen LogP contribution in [-0.4, -0.2) is 25.4 Å². The van der Waals surface area contributed by atoms with E-state index >= 15 is 0 Å². The first-order valence-electron chi connectivity index (χ1n) is 5.08. The lowest BCUT2D eigenvalue weighted by Gasteiger charge is -2.02. The number of imidazole rings is 1. The average molecular weight is 224 g/mol. The molecule has 1 aromatic carbocycles. The first-order chi connectivity index (χ1) is 8.34. The Hall–Kier alpha value is -2.56. The van der Waals surface area contributed by atoms with Crippen LogP contribution in [-0.2, 0) is 0 Å². The third-order valence-electron chi connectivity index (χ3n) is 2.46. The van der Waals surface area contributed by atoms with E-state index in [4.69, 9.17) is 0 Å². The zero-order valence-electron chi connectivity index (χ0n) is 8.82. The van der Waals surface area contributed by atoms with Crippen molar-refractivity contribution < 1.29 is 4.79 Å². The predicted octanol–water partition coefficient (Wildman–Crippen LogP) is 1.51. The highest BCUT2D eigenvalue weighted by Gasteiger charge is 2.08. The fourth-order valence-electron chi connectivity index (χ4n) is 1.62. The molecule has 17 heavy (non-hydrogen) atoms. The van der Waals surface area contributed by atoms with Crippen molar-refractivity contribution in [3.8, 4) is 0 Å². The van der Waals surface area contributed by atoms with Gasteiger partial charge in [-0.1, -0.05) is 0 Å². The van der Waals surface area contributed by atoms with Crippen LogP contribution in [0.15, 0.2) is 49.3 Å². The molecule has 2 heterocycles. The molecule has 82 valence electrons. The van der Waals surface area contributed by atoms with E-state index < -0.39 is 0 Å². The first kappa shape index (κ1) is 9.65. The lowest BCUT2D eigenvalue weighted by atomic mass is 10.2. The highest BCUT2D eigenvalue weighted by molar-refractivity contribution is 5.98. The smallest absolute Gasteiger partial charge is 0.263 e. The van der Waals surface area contributed by atoms with E-state index in [0.29, 0.717) is 11.1 Å². The van der Waals surface area contributed by atoms with Crippen LogP contribution in [0.2, 0.25) is 0 Å². The fourth-order valence-corrected chi connectivity index (χ4v) is 1.62. The van der Waals surface area contributed by atoms with Gasteiger partial charge in [0.2, 0.25) is 0 Å². The molecule has 0 N–H and O–H groups in total. The monoisotopic (exact) mass is 224 g/mol. The van der Waals surface area contributed by atoms with Crippen molar-refractivity contribution in [3.63, 3.8) is 0 Å². The largest absolute Gasteiger partial charge is 0.272 e. The van der Waals surface area contributed by atoms with Crippen molar-refractivity contribution in [2.24, 2.45) is 0 Å². The van der Waals surface area contributed by atoms with E-state index in [0.717, 1.165) is 5.52 Å². The maximum Gasteiger partial charge on any atom is 0.263 e. The standard InChI is InChI=1S/C12H8N4O/c17-12(16-6-5-13-8-16)9-1-2-10-11(7-9)15-4-3-14-10/h1-8H. The SMILES string of the molecule is O=C(c1ccc2nccnc2c1)n1ccnc1. The lowest BCUT2D eigenvalue weighted by Crippen LogP contribution is -2.09. The first-order valence-corrected chi connectivity index (χ1v) is 5.08. The molecule has 0 fully saturated rings. The van der Waals surface area contributed by atoms with Crippen LogP contribution >= 0.6 is 0 Å². The van der Waals surface area contributed by atoms with E-state index in [1.54, 1.807) is 43.0 Å². The van der Waals surface area contributed by atoms with Crippen LogP contribution in [0.4, 0.5) is 0 Å². The van der Waals surface area contributed by atoms with Gasteiger partial charge in [-0.3, -0.25) is 19.3 Å². The Morgan fingerprint density at radius 2 is 1.88 bits per heavy atom. The molecule has 0 amide bonds. The van der Waals surface area contributed by atoms with Crippen molar-refractivity contribution in [1.82, 2.24) is 19.5 Å². The van der Waals surface area contributed by atoms with Gasteiger partial charge < -0.3 is 0 Å². The summed E-state index contributed by atoms with van der Waals surface area (Å²) >= 11 is 0. The second-order valence-electron chi connectivity index (χ2n) is 3.53. The number of aromatic nitrogens is 4. The van der Waals surface area contributed by atoms with Gasteiger partial charge in [0, 0.05) is 30.4 Å². The molecule has 0 bridgehead atoms. The van der Waals surface area contributed by atoms with Gasteiger partial charge in [-0.25, -0.2) is 4.98 Å². The van der Waals surface area contributed by atoms with E-state index in [9.17, 15) is 4.79 Å². The minimum absolute atomic E-state index is 0.130. The molecule has 0 aliphatic heterocycles. The average Bonchev–Trinajstić information content (AvgIpc) is 2.91. The Morgan fingerprint density at radius 1 is 1.06 bits per heavy atom. The summed E-state index contributed by atoms with van der Waals surface area (Å²) in [5.41, 5.74) is 2.05. The van der Waals surface area contributed by atoms with Gasteiger partial charge in [0.1, 0.15) is 6.33 Å². The molecular weight excluding hydrogens is 216 g/mol. The van der Waals surface area contributed by atoms with Gasteiger partial charge in [0.25, 0.3) is 5.91 Å². The van der Waals surface area contributed by atoms with E-state index in [1.165, 1.54) is 10.9 Å². The molecule has 0 unspecified atom stereocenters. The van der Waals surface area contributed by atoms with E-state index in [2.05, 4.69) is 15.0 Å². The zero-order valence-corrected chi connectivity index (χ0v) is 8.82. The molecule has 0 spiro atoms. The third kappa shape index (κ3) is 1.67. The zero-order chi connectivity index (χ0) is 11.7. The second kappa shape index (κ2) is 3.79. The van der Waals surface area contributed by atoms with Crippen molar-refractivity contribution >= 4 is 16.9 Å². The van der Waals surface area contributed by atoms with Gasteiger partial charge in [0.05, 0.1) is 11.0 Å². The summed E-state index contributed by atoms with van der Waals surface area (Å²) < 4.78 is 1.43.